The predicted octanol–water partition coefficient (Wildman–Crippen LogP) is 7.06. The molecule has 0 saturated carbocycles. The highest BCUT2D eigenvalue weighted by Gasteiger charge is 2.52. The summed E-state index contributed by atoms with van der Waals surface area (Å²) < 4.78 is 40.3. The molecule has 0 unspecified atom stereocenters. The maximum Gasteiger partial charge on any atom is 0.319 e. The van der Waals surface area contributed by atoms with Crippen molar-refractivity contribution in [3.8, 4) is 11.5 Å². The lowest BCUT2D eigenvalue weighted by Gasteiger charge is -2.42. The number of aliphatic hydroxyl groups is 1. The van der Waals surface area contributed by atoms with Gasteiger partial charge in [0.2, 0.25) is 0 Å². The van der Waals surface area contributed by atoms with Crippen LogP contribution in [0.4, 0.5) is 19.3 Å². The van der Waals surface area contributed by atoms with E-state index in [2.05, 4.69) is 116 Å². The molecule has 1 radical (unpaired) electrons. The highest BCUT2D eigenvalue weighted by molar-refractivity contribution is 7.00. The van der Waals surface area contributed by atoms with E-state index in [1.165, 1.54) is 15.9 Å². The molecule has 0 bridgehead atoms. The molecule has 8 nitrogen and oxygen atoms in total. The Kier molecular flexibility index (Phi) is 14.0. The van der Waals surface area contributed by atoms with Gasteiger partial charge in [-0.25, -0.2) is 13.6 Å². The van der Waals surface area contributed by atoms with Crippen molar-refractivity contribution in [2.45, 2.75) is 63.8 Å². The molecule has 5 aromatic rings. The topological polar surface area (TPSA) is 95.1 Å². The zero-order valence-electron chi connectivity index (χ0n) is 32.9. The van der Waals surface area contributed by atoms with Gasteiger partial charge in [-0.05, 0) is 95.3 Å². The Morgan fingerprint density at radius 3 is 2.19 bits per heavy atom. The fraction of sp³-hybridized carbons (Fsp3) is 0.326. The molecule has 0 spiro atoms. The smallest absolute Gasteiger partial charge is 0.319 e. The van der Waals surface area contributed by atoms with E-state index < -0.39 is 26.1 Å². The molecule has 0 aliphatic carbocycles. The average molecular weight is 792 g/mol. The third-order valence-corrected chi connectivity index (χ3v) is 15.3. The third kappa shape index (κ3) is 11.0. The van der Waals surface area contributed by atoms with E-state index in [1.54, 1.807) is 11.0 Å². The van der Waals surface area contributed by atoms with Crippen LogP contribution in [0.5, 0.6) is 11.5 Å². The van der Waals surface area contributed by atoms with E-state index in [0.29, 0.717) is 37.7 Å². The molecule has 1 saturated heterocycles. The summed E-state index contributed by atoms with van der Waals surface area (Å²) in [6.07, 6.45) is 1.68. The number of carbonyl (C=O) groups excluding carboxylic acids is 1. The van der Waals surface area contributed by atoms with Crippen LogP contribution in [0.2, 0.25) is 5.04 Å². The van der Waals surface area contributed by atoms with Gasteiger partial charge in [0.15, 0.2) is 0 Å². The Balaban J connectivity index is 0.893. The second-order valence-corrected chi connectivity index (χ2v) is 19.8. The van der Waals surface area contributed by atoms with E-state index >= 15 is 0 Å². The Hall–Kier alpha value is -5.23. The SMILES string of the molecule is CC(C)(C)[Si](Oc1[c]cc(OC[C@@H](O)CNCCc2ccc(NC3CCN(C(=O)NCc4cc(F)ccc4F)CC3)cc2)cc1)(c1ccccc1)c1ccccc1. The van der Waals surface area contributed by atoms with Crippen LogP contribution in [-0.4, -0.2) is 69.3 Å². The molecule has 299 valence electrons. The van der Waals surface area contributed by atoms with Crippen molar-refractivity contribution < 1.29 is 27.8 Å². The van der Waals surface area contributed by atoms with Gasteiger partial charge in [0.05, 0.1) is 0 Å². The largest absolute Gasteiger partial charge is 0.534 e. The summed E-state index contributed by atoms with van der Waals surface area (Å²) in [5.74, 6) is 0.195. The summed E-state index contributed by atoms with van der Waals surface area (Å²) in [6, 6.07) is 41.3. The lowest BCUT2D eigenvalue weighted by Crippen LogP contribution is -2.68. The summed E-state index contributed by atoms with van der Waals surface area (Å²) >= 11 is 0. The number of amides is 2. The Morgan fingerprint density at radius 1 is 0.912 bits per heavy atom. The molecular formula is C46H53F2N4O4Si. The molecule has 6 rings (SSSR count). The van der Waals surface area contributed by atoms with Crippen LogP contribution in [-0.2, 0) is 13.0 Å². The molecule has 57 heavy (non-hydrogen) atoms. The summed E-state index contributed by atoms with van der Waals surface area (Å²) in [6.45, 7) is 9.06. The van der Waals surface area contributed by atoms with Gasteiger partial charge in [-0.2, -0.15) is 0 Å². The van der Waals surface area contributed by atoms with Crippen LogP contribution < -0.4 is 35.5 Å². The second kappa shape index (κ2) is 19.3. The standard InChI is InChI=1S/C46H53F2N4O4Si/c1-46(2,3)57(42-10-6-4-7-11-42,43-12-8-5-9-13-43)56-41-21-19-40(20-22-41)55-33-39(53)32-49-27-24-34-14-17-37(18-15-34)51-38-25-28-52(29-26-38)45(54)50-31-35-30-36(47)16-23-44(35)48/h4-21,23,30,38-39,49,51,53H,24-29,31-33H2,1-3H3,(H,50,54)/t39-/m0/s1. The molecule has 1 heterocycles. The number of hydrogen-bond acceptors (Lipinski definition) is 6. The van der Waals surface area contributed by atoms with Gasteiger partial charge < -0.3 is 35.1 Å². The number of aliphatic hydroxyl groups excluding tert-OH is 1. The highest BCUT2D eigenvalue weighted by Crippen LogP contribution is 2.37. The summed E-state index contributed by atoms with van der Waals surface area (Å²) in [5, 5.41) is 22.4. The number of carbonyl (C=O) groups is 1. The first-order valence-corrected chi connectivity index (χ1v) is 21.6. The molecule has 11 heteroatoms. The molecule has 1 fully saturated rings. The average Bonchev–Trinajstić information content (AvgIpc) is 3.22. The number of anilines is 1. The molecule has 1 aliphatic rings. The van der Waals surface area contributed by atoms with Crippen molar-refractivity contribution in [1.82, 2.24) is 15.5 Å². The monoisotopic (exact) mass is 791 g/mol. The van der Waals surface area contributed by atoms with Crippen LogP contribution >= 0.6 is 0 Å². The first-order chi connectivity index (χ1) is 27.5. The number of hydrogen-bond donors (Lipinski definition) is 4. The molecule has 2 amide bonds. The minimum absolute atomic E-state index is 0.0611. The second-order valence-electron chi connectivity index (χ2n) is 15.6. The first kappa shape index (κ1) is 41.4. The number of benzene rings is 5. The maximum atomic E-state index is 13.9. The summed E-state index contributed by atoms with van der Waals surface area (Å²) in [7, 11) is -2.77. The fourth-order valence-corrected chi connectivity index (χ4v) is 11.7. The van der Waals surface area contributed by atoms with Gasteiger partial charge in [0.1, 0.15) is 35.8 Å². The fourth-order valence-electron chi connectivity index (χ4n) is 7.31. The number of halogens is 2. The van der Waals surface area contributed by atoms with Crippen molar-refractivity contribution in [3.63, 3.8) is 0 Å². The molecule has 0 aromatic heterocycles. The zero-order chi connectivity index (χ0) is 40.3. The van der Waals surface area contributed by atoms with Crippen molar-refractivity contribution in [2.24, 2.45) is 0 Å². The van der Waals surface area contributed by atoms with Crippen LogP contribution in [0.15, 0.2) is 121 Å². The normalized spacial score (nSPS) is 14.2. The van der Waals surface area contributed by atoms with Crippen molar-refractivity contribution in [1.29, 1.82) is 0 Å². The van der Waals surface area contributed by atoms with Gasteiger partial charge in [-0.15, -0.1) is 0 Å². The highest BCUT2D eigenvalue weighted by atomic mass is 28.4. The maximum absolute atomic E-state index is 13.9. The summed E-state index contributed by atoms with van der Waals surface area (Å²) in [5.41, 5.74) is 2.32. The lowest BCUT2D eigenvalue weighted by molar-refractivity contribution is 0.106. The number of nitrogens with one attached hydrogen (secondary N) is 3. The van der Waals surface area contributed by atoms with E-state index in [0.717, 1.165) is 43.1 Å². The number of piperidine rings is 1. The minimum Gasteiger partial charge on any atom is -0.534 e. The van der Waals surface area contributed by atoms with Gasteiger partial charge in [-0.3, -0.25) is 0 Å². The summed E-state index contributed by atoms with van der Waals surface area (Å²) in [4.78, 5) is 14.3. The van der Waals surface area contributed by atoms with Crippen molar-refractivity contribution in [3.05, 3.63) is 150 Å². The van der Waals surface area contributed by atoms with Gasteiger partial charge in [0, 0.05) is 49.5 Å². The van der Waals surface area contributed by atoms with E-state index in [1.807, 2.05) is 24.3 Å². The number of rotatable bonds is 16. The van der Waals surface area contributed by atoms with Crippen molar-refractivity contribution in [2.75, 3.05) is 38.1 Å². The van der Waals surface area contributed by atoms with Gasteiger partial charge >= 0.3 is 14.3 Å². The van der Waals surface area contributed by atoms with Gasteiger partial charge in [-0.1, -0.05) is 93.6 Å². The van der Waals surface area contributed by atoms with E-state index in [9.17, 15) is 18.7 Å². The predicted molar refractivity (Wildman–Crippen MR) is 225 cm³/mol. The van der Waals surface area contributed by atoms with Gasteiger partial charge in [0.25, 0.3) is 0 Å². The Labute approximate surface area is 336 Å². The molecule has 1 atom stereocenters. The number of likely N-dealkylation sites (tertiary alicyclic amines) is 1. The Bertz CT molecular complexity index is 1970. The number of nitrogens with zero attached hydrogens (tertiary/aromatic N) is 1. The van der Waals surface area contributed by atoms with E-state index in [4.69, 9.17) is 9.16 Å². The van der Waals surface area contributed by atoms with Crippen LogP contribution in [0.1, 0.15) is 44.7 Å². The van der Waals surface area contributed by atoms with E-state index in [-0.39, 0.29) is 35.8 Å². The van der Waals surface area contributed by atoms with Crippen LogP contribution in [0, 0.1) is 17.7 Å². The van der Waals surface area contributed by atoms with Crippen LogP contribution in [0.3, 0.4) is 0 Å². The van der Waals surface area contributed by atoms with Crippen molar-refractivity contribution >= 4 is 30.4 Å². The zero-order valence-corrected chi connectivity index (χ0v) is 33.9. The Morgan fingerprint density at radius 2 is 1.58 bits per heavy atom. The molecule has 4 N–H and O–H groups in total. The third-order valence-electron chi connectivity index (χ3n) is 10.4. The molecule has 1 aliphatic heterocycles. The molecular weight excluding hydrogens is 739 g/mol. The quantitative estimate of drug-likeness (QED) is 0.0632. The minimum atomic E-state index is -2.77. The van der Waals surface area contributed by atoms with Crippen LogP contribution in [0.25, 0.3) is 0 Å². The number of ether oxygens (including phenoxy) is 1. The first-order valence-electron chi connectivity index (χ1n) is 19.7. The molecule has 5 aromatic carbocycles. The lowest BCUT2D eigenvalue weighted by atomic mass is 10.0. The number of urea groups is 1.